The zero-order chi connectivity index (χ0) is 21.5. The molecule has 6 rings (SSSR count). The number of allylic oxidation sites excluding steroid dienone is 1. The normalized spacial score (nSPS) is 43.8. The second kappa shape index (κ2) is 9.54. The standard InChI is InChI=1S/C31H52Si/c1-32(27-11-4-2-5-12-27,28-13-6-3-7-14-28)22-21-23-15-16-26-18-17-24-9-8-10-25-19-20-29(23)31(26)30(24)25/h21-31H,2-20H2,1H3. The first-order valence-corrected chi connectivity index (χ1v) is 18.2. The first-order valence-electron chi connectivity index (χ1n) is 15.4. The van der Waals surface area contributed by atoms with Gasteiger partial charge in [-0.3, -0.25) is 0 Å². The molecular formula is C31H52Si. The first-order chi connectivity index (χ1) is 15.7. The lowest BCUT2D eigenvalue weighted by molar-refractivity contribution is -0.0888. The molecule has 0 radical (unpaired) electrons. The summed E-state index contributed by atoms with van der Waals surface area (Å²) in [6.07, 6.45) is 32.7. The average molecular weight is 453 g/mol. The van der Waals surface area contributed by atoms with Gasteiger partial charge in [0.1, 0.15) is 0 Å². The molecule has 6 saturated carbocycles. The second-order valence-corrected chi connectivity index (χ2v) is 18.5. The molecule has 7 atom stereocenters. The molecule has 6 aliphatic rings. The summed E-state index contributed by atoms with van der Waals surface area (Å²) in [6.45, 7) is 2.87. The van der Waals surface area contributed by atoms with Gasteiger partial charge in [-0.25, -0.2) is 0 Å². The van der Waals surface area contributed by atoms with Crippen LogP contribution in [-0.4, -0.2) is 8.07 Å². The Balaban J connectivity index is 1.24. The van der Waals surface area contributed by atoms with Crippen LogP contribution < -0.4 is 0 Å². The third-order valence-electron chi connectivity index (χ3n) is 12.6. The predicted octanol–water partition coefficient (Wildman–Crippen LogP) is 9.71. The first kappa shape index (κ1) is 22.4. The van der Waals surface area contributed by atoms with Crippen molar-refractivity contribution in [1.82, 2.24) is 0 Å². The molecule has 1 heteroatoms. The molecule has 0 aromatic rings. The van der Waals surface area contributed by atoms with Crippen LogP contribution in [0.15, 0.2) is 11.8 Å². The highest BCUT2D eigenvalue weighted by molar-refractivity contribution is 6.86. The highest BCUT2D eigenvalue weighted by atomic mass is 28.3. The van der Waals surface area contributed by atoms with Crippen LogP contribution in [0.2, 0.25) is 17.6 Å². The lowest BCUT2D eigenvalue weighted by Crippen LogP contribution is -2.51. The van der Waals surface area contributed by atoms with Crippen molar-refractivity contribution in [2.45, 2.75) is 140 Å². The Morgan fingerprint density at radius 3 is 1.66 bits per heavy atom. The van der Waals surface area contributed by atoms with Gasteiger partial charge in [-0.15, -0.1) is 0 Å². The second-order valence-electron chi connectivity index (χ2n) is 13.8. The van der Waals surface area contributed by atoms with Crippen molar-refractivity contribution in [3.05, 3.63) is 11.8 Å². The SMILES string of the molecule is C[Si](C=CC1CCC2CCC3CCCC4CCC1C2C34)(C1CCCCC1)C1CCCCC1. The van der Waals surface area contributed by atoms with Gasteiger partial charge in [-0.05, 0) is 91.0 Å². The molecule has 7 unspecified atom stereocenters. The summed E-state index contributed by atoms with van der Waals surface area (Å²) < 4.78 is 0. The Morgan fingerprint density at radius 1 is 0.500 bits per heavy atom. The van der Waals surface area contributed by atoms with E-state index in [9.17, 15) is 0 Å². The van der Waals surface area contributed by atoms with Crippen molar-refractivity contribution in [2.75, 3.05) is 0 Å². The van der Waals surface area contributed by atoms with Crippen LogP contribution >= 0.6 is 0 Å². The van der Waals surface area contributed by atoms with Gasteiger partial charge in [0.15, 0.2) is 0 Å². The molecule has 0 aromatic heterocycles. The topological polar surface area (TPSA) is 0 Å². The lowest BCUT2D eigenvalue weighted by Gasteiger charge is -2.59. The van der Waals surface area contributed by atoms with Gasteiger partial charge in [-0.2, -0.15) is 0 Å². The maximum atomic E-state index is 3.04. The highest BCUT2D eigenvalue weighted by Gasteiger charge is 2.53. The van der Waals surface area contributed by atoms with E-state index < -0.39 is 8.07 Å². The van der Waals surface area contributed by atoms with Crippen LogP contribution in [-0.2, 0) is 0 Å². The summed E-state index contributed by atoms with van der Waals surface area (Å²) in [5.41, 5.74) is 5.26. The summed E-state index contributed by atoms with van der Waals surface area (Å²) in [6, 6.07) is 0. The summed E-state index contributed by atoms with van der Waals surface area (Å²) in [5, 5.41) is 0. The van der Waals surface area contributed by atoms with Gasteiger partial charge in [0, 0.05) is 0 Å². The Hall–Kier alpha value is -0.0431. The fourth-order valence-corrected chi connectivity index (χ4v) is 16.1. The van der Waals surface area contributed by atoms with E-state index in [0.717, 1.165) is 52.5 Å². The number of rotatable bonds is 4. The molecule has 32 heavy (non-hydrogen) atoms. The largest absolute Gasteiger partial charge is 0.0976 e. The maximum Gasteiger partial charge on any atom is 0.0804 e. The zero-order valence-electron chi connectivity index (χ0n) is 21.3. The summed E-state index contributed by atoms with van der Waals surface area (Å²) in [7, 11) is -1.32. The summed E-state index contributed by atoms with van der Waals surface area (Å²) in [5.74, 6) is 7.69. The van der Waals surface area contributed by atoms with E-state index in [1.54, 1.807) is 83.5 Å². The van der Waals surface area contributed by atoms with Crippen molar-refractivity contribution in [3.8, 4) is 0 Å². The molecule has 0 nitrogen and oxygen atoms in total. The Bertz CT molecular complexity index is 629. The molecule has 0 bridgehead atoms. The van der Waals surface area contributed by atoms with Crippen LogP contribution in [0.3, 0.4) is 0 Å². The van der Waals surface area contributed by atoms with Crippen molar-refractivity contribution in [3.63, 3.8) is 0 Å². The monoisotopic (exact) mass is 452 g/mol. The minimum atomic E-state index is -1.32. The van der Waals surface area contributed by atoms with E-state index in [1.807, 2.05) is 0 Å². The van der Waals surface area contributed by atoms with Gasteiger partial charge in [0.2, 0.25) is 0 Å². The summed E-state index contributed by atoms with van der Waals surface area (Å²) >= 11 is 0. The molecule has 6 aliphatic carbocycles. The smallest absolute Gasteiger partial charge is 0.0804 e. The molecule has 0 aromatic carbocycles. The summed E-state index contributed by atoms with van der Waals surface area (Å²) in [4.78, 5) is 0. The molecule has 0 saturated heterocycles. The minimum Gasteiger partial charge on any atom is -0.0976 e. The fraction of sp³-hybridized carbons (Fsp3) is 0.935. The van der Waals surface area contributed by atoms with Crippen LogP contribution in [0.5, 0.6) is 0 Å². The van der Waals surface area contributed by atoms with E-state index in [2.05, 4.69) is 18.3 Å². The molecule has 0 aliphatic heterocycles. The molecule has 0 heterocycles. The molecule has 6 fully saturated rings. The van der Waals surface area contributed by atoms with Crippen molar-refractivity contribution >= 4 is 8.07 Å². The number of hydrogen-bond acceptors (Lipinski definition) is 0. The highest BCUT2D eigenvalue weighted by Crippen LogP contribution is 2.61. The molecule has 0 N–H and O–H groups in total. The third-order valence-corrected chi connectivity index (χ3v) is 18.2. The van der Waals surface area contributed by atoms with E-state index in [4.69, 9.17) is 0 Å². The lowest BCUT2D eigenvalue weighted by atomic mass is 9.46. The van der Waals surface area contributed by atoms with Gasteiger partial charge in [0.25, 0.3) is 0 Å². The molecule has 180 valence electrons. The quantitative estimate of drug-likeness (QED) is 0.372. The fourth-order valence-electron chi connectivity index (χ4n) is 11.0. The Kier molecular flexibility index (Phi) is 6.69. The van der Waals surface area contributed by atoms with E-state index in [-0.39, 0.29) is 0 Å². The van der Waals surface area contributed by atoms with Crippen LogP contribution in [0, 0.1) is 41.4 Å². The number of hydrogen-bond donors (Lipinski definition) is 0. The van der Waals surface area contributed by atoms with E-state index >= 15 is 0 Å². The molecule has 0 amide bonds. The van der Waals surface area contributed by atoms with E-state index in [0.29, 0.717) is 0 Å². The van der Waals surface area contributed by atoms with E-state index in [1.165, 1.54) is 38.5 Å². The Labute approximate surface area is 200 Å². The van der Waals surface area contributed by atoms with Crippen LogP contribution in [0.4, 0.5) is 0 Å². The van der Waals surface area contributed by atoms with Gasteiger partial charge in [-0.1, -0.05) is 102 Å². The maximum absolute atomic E-state index is 3.04. The van der Waals surface area contributed by atoms with Crippen LogP contribution in [0.25, 0.3) is 0 Å². The van der Waals surface area contributed by atoms with Gasteiger partial charge in [0.05, 0.1) is 8.07 Å². The van der Waals surface area contributed by atoms with Crippen molar-refractivity contribution < 1.29 is 0 Å². The van der Waals surface area contributed by atoms with Gasteiger partial charge >= 0.3 is 0 Å². The Morgan fingerprint density at radius 2 is 1.03 bits per heavy atom. The van der Waals surface area contributed by atoms with Gasteiger partial charge < -0.3 is 0 Å². The predicted molar refractivity (Wildman–Crippen MR) is 140 cm³/mol. The third kappa shape index (κ3) is 4.03. The average Bonchev–Trinajstić information content (AvgIpc) is 2.87. The molecule has 0 spiro atoms. The molecular weight excluding hydrogens is 400 g/mol. The minimum absolute atomic E-state index is 0.955. The van der Waals surface area contributed by atoms with Crippen molar-refractivity contribution in [1.29, 1.82) is 0 Å². The van der Waals surface area contributed by atoms with Crippen molar-refractivity contribution in [2.24, 2.45) is 41.4 Å². The van der Waals surface area contributed by atoms with Crippen LogP contribution in [0.1, 0.15) is 122 Å². The zero-order valence-corrected chi connectivity index (χ0v) is 22.3.